The van der Waals surface area contributed by atoms with Gasteiger partial charge in [-0.1, -0.05) is 11.2 Å². The van der Waals surface area contributed by atoms with Crippen molar-refractivity contribution in [3.05, 3.63) is 22.8 Å². The first-order chi connectivity index (χ1) is 9.23. The van der Waals surface area contributed by atoms with E-state index in [4.69, 9.17) is 21.1 Å². The summed E-state index contributed by atoms with van der Waals surface area (Å²) in [4.78, 5) is 11.6. The second kappa shape index (κ2) is 5.90. The highest BCUT2D eigenvalue weighted by Crippen LogP contribution is 2.24. The Morgan fingerprint density at radius 2 is 2.05 bits per heavy atom. The van der Waals surface area contributed by atoms with Crippen molar-refractivity contribution in [2.45, 2.75) is 46.1 Å². The van der Waals surface area contributed by atoms with Crippen LogP contribution in [-0.2, 0) is 9.53 Å². The zero-order chi connectivity index (χ0) is 15.5. The molecule has 0 aromatic heterocycles. The van der Waals surface area contributed by atoms with E-state index in [0.29, 0.717) is 29.7 Å². The number of primary amides is 1. The fourth-order valence-corrected chi connectivity index (χ4v) is 1.98. The molecule has 1 atom stereocenters. The number of nitrogens with zero attached hydrogens (tertiary/aromatic N) is 1. The summed E-state index contributed by atoms with van der Waals surface area (Å²) in [6.45, 7) is 6.82. The number of carbonyl (C=O) groups excluding carboxylic acids is 1. The lowest BCUT2D eigenvalue weighted by Gasteiger charge is -2.28. The van der Waals surface area contributed by atoms with E-state index in [1.54, 1.807) is 20.8 Å². The number of carbonyl (C=O) groups is 1. The first-order valence-corrected chi connectivity index (χ1v) is 6.38. The summed E-state index contributed by atoms with van der Waals surface area (Å²) >= 11 is 0. The number of nitrogens with one attached hydrogen (secondary N) is 1. The van der Waals surface area contributed by atoms with Gasteiger partial charge in [0, 0.05) is 5.57 Å². The zero-order valence-electron chi connectivity index (χ0n) is 12.3. The van der Waals surface area contributed by atoms with Crippen LogP contribution in [0.25, 0.3) is 0 Å². The Hall–Kier alpha value is -2.11. The van der Waals surface area contributed by atoms with Gasteiger partial charge < -0.3 is 15.7 Å². The van der Waals surface area contributed by atoms with Gasteiger partial charge in [0.15, 0.2) is 5.60 Å². The molecule has 0 aromatic rings. The van der Waals surface area contributed by atoms with Crippen LogP contribution in [0.5, 0.6) is 0 Å². The SMILES string of the molecule is CC1=CCCC(C)(C(N)=O)OC(=N)C(C)=C(C)C1=NO. The van der Waals surface area contributed by atoms with Crippen LogP contribution < -0.4 is 5.73 Å². The minimum Gasteiger partial charge on any atom is -0.461 e. The number of hydrogen-bond acceptors (Lipinski definition) is 5. The monoisotopic (exact) mass is 279 g/mol. The number of nitrogens with two attached hydrogens (primary N) is 1. The standard InChI is InChI=1S/C14H21N3O3/c1-8-6-5-7-14(4,13(16)18)20-12(15)10(3)9(2)11(8)17-19/h6,15,19H,5,7H2,1-4H3,(H2,16,18). The first kappa shape index (κ1) is 15.9. The van der Waals surface area contributed by atoms with Crippen molar-refractivity contribution in [1.29, 1.82) is 5.41 Å². The van der Waals surface area contributed by atoms with Crippen LogP contribution >= 0.6 is 0 Å². The van der Waals surface area contributed by atoms with Crippen LogP contribution in [0, 0.1) is 5.41 Å². The summed E-state index contributed by atoms with van der Waals surface area (Å²) in [7, 11) is 0. The van der Waals surface area contributed by atoms with E-state index in [2.05, 4.69) is 5.16 Å². The lowest BCUT2D eigenvalue weighted by molar-refractivity contribution is -0.133. The van der Waals surface area contributed by atoms with Crippen molar-refractivity contribution in [2.24, 2.45) is 10.9 Å². The van der Waals surface area contributed by atoms with Crippen molar-refractivity contribution in [3.63, 3.8) is 0 Å². The smallest absolute Gasteiger partial charge is 0.261 e. The summed E-state index contributed by atoms with van der Waals surface area (Å²) in [6, 6.07) is 0. The Labute approximate surface area is 118 Å². The molecule has 1 amide bonds. The van der Waals surface area contributed by atoms with Gasteiger partial charge in [-0.3, -0.25) is 10.2 Å². The van der Waals surface area contributed by atoms with E-state index in [-0.39, 0.29) is 5.90 Å². The van der Waals surface area contributed by atoms with Gasteiger partial charge in [0.05, 0.1) is 0 Å². The summed E-state index contributed by atoms with van der Waals surface area (Å²) in [6.07, 6.45) is 2.75. The van der Waals surface area contributed by atoms with Gasteiger partial charge in [0.2, 0.25) is 5.90 Å². The molecule has 0 spiro atoms. The fourth-order valence-electron chi connectivity index (χ4n) is 1.98. The van der Waals surface area contributed by atoms with Crippen LogP contribution in [0.1, 0.15) is 40.5 Å². The Morgan fingerprint density at radius 3 is 2.55 bits per heavy atom. The molecule has 0 radical (unpaired) electrons. The third-order valence-electron chi connectivity index (χ3n) is 3.65. The highest BCUT2D eigenvalue weighted by molar-refractivity contribution is 6.15. The van der Waals surface area contributed by atoms with Gasteiger partial charge >= 0.3 is 0 Å². The predicted molar refractivity (Wildman–Crippen MR) is 77.0 cm³/mol. The number of ether oxygens (including phenoxy) is 1. The predicted octanol–water partition coefficient (Wildman–Crippen LogP) is 2.13. The maximum absolute atomic E-state index is 11.6. The average molecular weight is 279 g/mol. The highest BCUT2D eigenvalue weighted by atomic mass is 16.5. The molecular weight excluding hydrogens is 258 g/mol. The molecule has 0 fully saturated rings. The van der Waals surface area contributed by atoms with Crippen LogP contribution in [0.4, 0.5) is 0 Å². The second-order valence-corrected chi connectivity index (χ2v) is 5.15. The number of oxime groups is 1. The van der Waals surface area contributed by atoms with Gasteiger partial charge in [-0.25, -0.2) is 0 Å². The lowest BCUT2D eigenvalue weighted by atomic mass is 9.94. The largest absolute Gasteiger partial charge is 0.461 e. The normalized spacial score (nSPS) is 27.1. The molecule has 1 aliphatic heterocycles. The lowest BCUT2D eigenvalue weighted by Crippen LogP contribution is -2.45. The highest BCUT2D eigenvalue weighted by Gasteiger charge is 2.35. The maximum atomic E-state index is 11.6. The quantitative estimate of drug-likeness (QED) is 0.505. The molecule has 1 aliphatic rings. The number of rotatable bonds is 1. The first-order valence-electron chi connectivity index (χ1n) is 6.38. The van der Waals surface area contributed by atoms with Crippen molar-refractivity contribution < 1.29 is 14.7 Å². The number of amides is 1. The van der Waals surface area contributed by atoms with E-state index in [9.17, 15) is 4.79 Å². The third-order valence-corrected chi connectivity index (χ3v) is 3.65. The minimum absolute atomic E-state index is 0.139. The average Bonchev–Trinajstić information content (AvgIpc) is 2.37. The van der Waals surface area contributed by atoms with Crippen LogP contribution in [-0.4, -0.2) is 28.3 Å². The molecule has 6 heteroatoms. The summed E-state index contributed by atoms with van der Waals surface area (Å²) in [5.41, 5.74) is 6.49. The molecule has 0 bridgehead atoms. The Kier molecular flexibility index (Phi) is 4.70. The molecule has 0 saturated carbocycles. The van der Waals surface area contributed by atoms with Crippen molar-refractivity contribution >= 4 is 17.5 Å². The van der Waals surface area contributed by atoms with Gasteiger partial charge in [-0.2, -0.15) is 0 Å². The van der Waals surface area contributed by atoms with Crippen molar-refractivity contribution in [1.82, 2.24) is 0 Å². The van der Waals surface area contributed by atoms with Crippen LogP contribution in [0.2, 0.25) is 0 Å². The zero-order valence-corrected chi connectivity index (χ0v) is 12.3. The molecule has 1 unspecified atom stereocenters. The van der Waals surface area contributed by atoms with E-state index in [0.717, 1.165) is 5.57 Å². The summed E-state index contributed by atoms with van der Waals surface area (Å²) in [5, 5.41) is 20.4. The van der Waals surface area contributed by atoms with Crippen LogP contribution in [0.15, 0.2) is 28.0 Å². The fraction of sp³-hybridized carbons (Fsp3) is 0.500. The van der Waals surface area contributed by atoms with Crippen molar-refractivity contribution in [2.75, 3.05) is 0 Å². The Morgan fingerprint density at radius 1 is 1.45 bits per heavy atom. The molecule has 20 heavy (non-hydrogen) atoms. The van der Waals surface area contributed by atoms with E-state index in [1.165, 1.54) is 0 Å². The summed E-state index contributed by atoms with van der Waals surface area (Å²) < 4.78 is 5.47. The third kappa shape index (κ3) is 3.07. The van der Waals surface area contributed by atoms with Gasteiger partial charge in [-0.05, 0) is 51.7 Å². The molecule has 110 valence electrons. The summed E-state index contributed by atoms with van der Waals surface area (Å²) in [5.74, 6) is -0.741. The van der Waals surface area contributed by atoms with E-state index in [1.807, 2.05) is 13.0 Å². The molecule has 1 rings (SSSR count). The Bertz CT molecular complexity index is 532. The number of allylic oxidation sites excluding steroid dienone is 3. The van der Waals surface area contributed by atoms with E-state index < -0.39 is 11.5 Å². The van der Waals surface area contributed by atoms with Gasteiger partial charge in [0.25, 0.3) is 5.91 Å². The molecule has 0 aliphatic carbocycles. The van der Waals surface area contributed by atoms with E-state index >= 15 is 0 Å². The maximum Gasteiger partial charge on any atom is 0.261 e. The Balaban J connectivity index is 3.34. The number of hydrogen-bond donors (Lipinski definition) is 3. The van der Waals surface area contributed by atoms with Gasteiger partial charge in [0.1, 0.15) is 5.71 Å². The molecule has 0 saturated heterocycles. The second-order valence-electron chi connectivity index (χ2n) is 5.15. The molecule has 6 nitrogen and oxygen atoms in total. The molecule has 1 heterocycles. The minimum atomic E-state index is -1.22. The topological polar surface area (TPSA) is 109 Å². The van der Waals surface area contributed by atoms with Crippen molar-refractivity contribution in [3.8, 4) is 0 Å². The van der Waals surface area contributed by atoms with Gasteiger partial charge in [-0.15, -0.1) is 0 Å². The molecular formula is C14H21N3O3. The molecule has 4 N–H and O–H groups in total. The molecule has 0 aromatic carbocycles. The van der Waals surface area contributed by atoms with Crippen LogP contribution in [0.3, 0.4) is 0 Å².